The Morgan fingerprint density at radius 2 is 2.00 bits per heavy atom. The molecule has 0 aliphatic heterocycles. The number of methoxy groups -OCH3 is 1. The third kappa shape index (κ3) is 1.10. The summed E-state index contributed by atoms with van der Waals surface area (Å²) in [6, 6.07) is 3.18. The number of benzene rings is 1. The van der Waals surface area contributed by atoms with Crippen molar-refractivity contribution in [1.29, 1.82) is 0 Å². The molecule has 2 rings (SSSR count). The predicted octanol–water partition coefficient (Wildman–Crippen LogP) is 2.32. The maximum atomic E-state index is 9.47. The van der Waals surface area contributed by atoms with Crippen LogP contribution in [0.15, 0.2) is 17.5 Å². The zero-order chi connectivity index (χ0) is 9.42. The van der Waals surface area contributed by atoms with Crippen LogP contribution in [0.25, 0.3) is 10.1 Å². The fraction of sp³-hybridized carbons (Fsp3) is 0.111. The Balaban J connectivity index is 2.88. The van der Waals surface area contributed by atoms with E-state index in [2.05, 4.69) is 0 Å². The molecule has 1 aromatic heterocycles. The lowest BCUT2D eigenvalue weighted by atomic mass is 10.2. The van der Waals surface area contributed by atoms with E-state index in [4.69, 9.17) is 4.74 Å². The molecular weight excluding hydrogens is 188 g/mol. The average molecular weight is 196 g/mol. The molecule has 0 saturated carbocycles. The van der Waals surface area contributed by atoms with E-state index in [0.29, 0.717) is 15.8 Å². The summed E-state index contributed by atoms with van der Waals surface area (Å²) in [6.07, 6.45) is 0. The summed E-state index contributed by atoms with van der Waals surface area (Å²) >= 11 is 1.29. The van der Waals surface area contributed by atoms with Crippen LogP contribution in [0.4, 0.5) is 0 Å². The molecule has 0 aliphatic rings. The fourth-order valence-corrected chi connectivity index (χ4v) is 2.12. The van der Waals surface area contributed by atoms with Crippen molar-refractivity contribution in [1.82, 2.24) is 0 Å². The fourth-order valence-electron chi connectivity index (χ4n) is 1.26. The molecule has 0 bridgehead atoms. The zero-order valence-corrected chi connectivity index (χ0v) is 7.76. The van der Waals surface area contributed by atoms with E-state index in [9.17, 15) is 10.2 Å². The van der Waals surface area contributed by atoms with Crippen molar-refractivity contribution in [3.8, 4) is 17.2 Å². The molecule has 0 saturated heterocycles. The lowest BCUT2D eigenvalue weighted by molar-refractivity contribution is 0.415. The second kappa shape index (κ2) is 2.81. The van der Waals surface area contributed by atoms with Gasteiger partial charge in [-0.05, 0) is 12.1 Å². The third-order valence-electron chi connectivity index (χ3n) is 1.86. The summed E-state index contributed by atoms with van der Waals surface area (Å²) in [4.78, 5) is 0. The molecule has 2 N–H and O–H groups in total. The van der Waals surface area contributed by atoms with Gasteiger partial charge in [-0.1, -0.05) is 0 Å². The van der Waals surface area contributed by atoms with Crippen LogP contribution in [0, 0.1) is 0 Å². The highest BCUT2D eigenvalue weighted by atomic mass is 32.1. The van der Waals surface area contributed by atoms with Crippen molar-refractivity contribution in [2.24, 2.45) is 0 Å². The summed E-state index contributed by atoms with van der Waals surface area (Å²) in [5, 5.41) is 21.1. The molecule has 0 aliphatic carbocycles. The molecule has 4 heteroatoms. The van der Waals surface area contributed by atoms with Gasteiger partial charge in [-0.25, -0.2) is 0 Å². The van der Waals surface area contributed by atoms with Crippen molar-refractivity contribution in [2.45, 2.75) is 0 Å². The first-order valence-corrected chi connectivity index (χ1v) is 4.58. The van der Waals surface area contributed by atoms with Gasteiger partial charge in [0.2, 0.25) is 0 Å². The van der Waals surface area contributed by atoms with E-state index in [1.807, 2.05) is 0 Å². The van der Waals surface area contributed by atoms with Gasteiger partial charge in [-0.15, -0.1) is 11.3 Å². The molecule has 3 nitrogen and oxygen atoms in total. The molecule has 0 atom stereocenters. The largest absolute Gasteiger partial charge is 0.506 e. The number of thiophene rings is 1. The zero-order valence-electron chi connectivity index (χ0n) is 6.94. The van der Waals surface area contributed by atoms with Gasteiger partial charge in [-0.3, -0.25) is 0 Å². The van der Waals surface area contributed by atoms with Gasteiger partial charge >= 0.3 is 0 Å². The molecule has 0 amide bonds. The smallest absolute Gasteiger partial charge is 0.138 e. The first kappa shape index (κ1) is 8.19. The van der Waals surface area contributed by atoms with Crippen LogP contribution in [-0.2, 0) is 0 Å². The minimum absolute atomic E-state index is 0.146. The topological polar surface area (TPSA) is 49.7 Å². The van der Waals surface area contributed by atoms with Gasteiger partial charge in [0.15, 0.2) is 0 Å². The van der Waals surface area contributed by atoms with Crippen LogP contribution in [-0.4, -0.2) is 17.3 Å². The lowest BCUT2D eigenvalue weighted by Crippen LogP contribution is -1.82. The summed E-state index contributed by atoms with van der Waals surface area (Å²) in [7, 11) is 1.53. The van der Waals surface area contributed by atoms with Gasteiger partial charge < -0.3 is 14.9 Å². The summed E-state index contributed by atoms with van der Waals surface area (Å²) in [5.41, 5.74) is 0. The van der Waals surface area contributed by atoms with E-state index < -0.39 is 0 Å². The average Bonchev–Trinajstić information content (AvgIpc) is 2.51. The number of ether oxygens (including phenoxy) is 1. The Morgan fingerprint density at radius 3 is 2.69 bits per heavy atom. The normalized spacial score (nSPS) is 10.5. The summed E-state index contributed by atoms with van der Waals surface area (Å²) in [6.45, 7) is 0. The Morgan fingerprint density at radius 1 is 1.23 bits per heavy atom. The van der Waals surface area contributed by atoms with E-state index in [0.717, 1.165) is 0 Å². The number of aromatic hydroxyl groups is 2. The molecule has 68 valence electrons. The first-order valence-electron chi connectivity index (χ1n) is 3.70. The highest BCUT2D eigenvalue weighted by molar-refractivity contribution is 7.18. The third-order valence-corrected chi connectivity index (χ3v) is 2.85. The molecule has 1 heterocycles. The van der Waals surface area contributed by atoms with E-state index in [-0.39, 0.29) is 11.5 Å². The van der Waals surface area contributed by atoms with Crippen molar-refractivity contribution >= 4 is 21.4 Å². The maximum absolute atomic E-state index is 9.47. The minimum atomic E-state index is 0.146. The van der Waals surface area contributed by atoms with E-state index in [1.165, 1.54) is 18.4 Å². The van der Waals surface area contributed by atoms with Gasteiger partial charge in [-0.2, -0.15) is 0 Å². The lowest BCUT2D eigenvalue weighted by Gasteiger charge is -2.02. The SMILES string of the molecule is COc1ccc(O)c2scc(O)c12. The van der Waals surface area contributed by atoms with Gasteiger partial charge in [0, 0.05) is 5.38 Å². The number of rotatable bonds is 1. The predicted molar refractivity (Wildman–Crippen MR) is 51.7 cm³/mol. The van der Waals surface area contributed by atoms with Crippen molar-refractivity contribution in [3.05, 3.63) is 17.5 Å². The quantitative estimate of drug-likeness (QED) is 0.735. The number of fused-ring (bicyclic) bond motifs is 1. The Bertz CT molecular complexity index is 447. The van der Waals surface area contributed by atoms with E-state index in [1.54, 1.807) is 17.5 Å². The summed E-state index contributed by atoms with van der Waals surface area (Å²) < 4.78 is 5.71. The molecule has 0 spiro atoms. The highest BCUT2D eigenvalue weighted by Crippen LogP contribution is 2.42. The van der Waals surface area contributed by atoms with Crippen LogP contribution in [0.5, 0.6) is 17.2 Å². The van der Waals surface area contributed by atoms with Gasteiger partial charge in [0.05, 0.1) is 17.2 Å². The number of hydrogen-bond acceptors (Lipinski definition) is 4. The second-order valence-electron chi connectivity index (χ2n) is 2.61. The number of phenols is 1. The van der Waals surface area contributed by atoms with E-state index >= 15 is 0 Å². The number of hydrogen-bond donors (Lipinski definition) is 2. The molecular formula is C9H8O3S. The molecule has 13 heavy (non-hydrogen) atoms. The molecule has 1 aromatic carbocycles. The maximum Gasteiger partial charge on any atom is 0.138 e. The molecule has 0 unspecified atom stereocenters. The van der Waals surface area contributed by atoms with Gasteiger partial charge in [0.1, 0.15) is 17.2 Å². The monoisotopic (exact) mass is 196 g/mol. The first-order chi connectivity index (χ1) is 6.24. The highest BCUT2D eigenvalue weighted by Gasteiger charge is 2.11. The number of phenolic OH excluding ortho intramolecular Hbond substituents is 1. The Kier molecular flexibility index (Phi) is 1.77. The minimum Gasteiger partial charge on any atom is -0.506 e. The molecule has 2 aromatic rings. The van der Waals surface area contributed by atoms with Crippen LogP contribution >= 0.6 is 11.3 Å². The van der Waals surface area contributed by atoms with Crippen LogP contribution < -0.4 is 4.74 Å². The second-order valence-corrected chi connectivity index (χ2v) is 3.49. The standard InChI is InChI=1S/C9H8O3S/c1-12-7-3-2-5(10)9-8(7)6(11)4-13-9/h2-4,10-11H,1H3. The summed E-state index contributed by atoms with van der Waals surface area (Å²) in [5.74, 6) is 0.889. The Hall–Kier alpha value is -1.42. The van der Waals surface area contributed by atoms with Crippen molar-refractivity contribution in [3.63, 3.8) is 0 Å². The van der Waals surface area contributed by atoms with Crippen LogP contribution in [0.3, 0.4) is 0 Å². The van der Waals surface area contributed by atoms with Crippen LogP contribution in [0.2, 0.25) is 0 Å². The molecule has 0 fully saturated rings. The molecule has 0 radical (unpaired) electrons. The van der Waals surface area contributed by atoms with Crippen LogP contribution in [0.1, 0.15) is 0 Å². The van der Waals surface area contributed by atoms with Gasteiger partial charge in [0.25, 0.3) is 0 Å². The Labute approximate surface area is 78.8 Å². The van der Waals surface area contributed by atoms with Crippen molar-refractivity contribution < 1.29 is 14.9 Å². The van der Waals surface area contributed by atoms with Crippen molar-refractivity contribution in [2.75, 3.05) is 7.11 Å².